The van der Waals surface area contributed by atoms with Crippen LogP contribution in [0.5, 0.6) is 5.75 Å². The van der Waals surface area contributed by atoms with Gasteiger partial charge >= 0.3 is 0 Å². The van der Waals surface area contributed by atoms with Crippen LogP contribution in [0.1, 0.15) is 24.1 Å². The molecule has 0 fully saturated rings. The van der Waals surface area contributed by atoms with Crippen LogP contribution in [0.3, 0.4) is 0 Å². The van der Waals surface area contributed by atoms with Gasteiger partial charge in [0.05, 0.1) is 19.8 Å². The summed E-state index contributed by atoms with van der Waals surface area (Å²) in [5.41, 5.74) is 5.63. The minimum Gasteiger partial charge on any atom is -0.496 e. The molecule has 0 saturated heterocycles. The van der Waals surface area contributed by atoms with Gasteiger partial charge in [-0.15, -0.1) is 0 Å². The number of ether oxygens (including phenoxy) is 2. The highest BCUT2D eigenvalue weighted by molar-refractivity contribution is 5.38. The lowest BCUT2D eigenvalue weighted by atomic mass is 10.1. The second-order valence-corrected chi connectivity index (χ2v) is 4.45. The lowest BCUT2D eigenvalue weighted by Crippen LogP contribution is -2.17. The number of hydrogen-bond donors (Lipinski definition) is 1. The number of hydrogen-bond acceptors (Lipinski definition) is 3. The second kappa shape index (κ2) is 6.29. The van der Waals surface area contributed by atoms with Gasteiger partial charge in [-0.1, -0.05) is 6.07 Å². The molecule has 1 unspecified atom stereocenters. The summed E-state index contributed by atoms with van der Waals surface area (Å²) < 4.78 is 12.5. The van der Waals surface area contributed by atoms with Gasteiger partial charge < -0.3 is 14.9 Å². The van der Waals surface area contributed by atoms with E-state index in [9.17, 15) is 0 Å². The summed E-state index contributed by atoms with van der Waals surface area (Å²) in [6, 6.07) is 10.3. The van der Waals surface area contributed by atoms with Crippen LogP contribution in [0.2, 0.25) is 0 Å². The first kappa shape index (κ1) is 13.5. The molecule has 2 aromatic rings. The first-order valence-corrected chi connectivity index (χ1v) is 6.30. The molecule has 102 valence electrons. The highest BCUT2D eigenvalue weighted by atomic mass is 16.5. The molecule has 0 aliphatic heterocycles. The minimum atomic E-state index is 0.203. The summed E-state index contributed by atoms with van der Waals surface area (Å²) in [6.07, 6.45) is 3.96. The molecule has 0 spiro atoms. The molecule has 1 N–H and O–H groups in total. The summed E-state index contributed by atoms with van der Waals surface area (Å²) in [5.74, 6) is 0.860. The lowest BCUT2D eigenvalue weighted by Gasteiger charge is -2.18. The fraction of sp³-hybridized carbons (Fsp3) is 0.333. The van der Waals surface area contributed by atoms with Gasteiger partial charge in [0.2, 0.25) is 0 Å². The summed E-state index contributed by atoms with van der Waals surface area (Å²) in [6.45, 7) is 2.67. The van der Waals surface area contributed by atoms with Crippen LogP contribution in [0.25, 0.3) is 0 Å². The van der Waals surface area contributed by atoms with E-state index in [0.717, 1.165) is 11.3 Å². The van der Waals surface area contributed by atoms with Gasteiger partial charge in [0.15, 0.2) is 0 Å². The van der Waals surface area contributed by atoms with E-state index in [2.05, 4.69) is 24.5 Å². The monoisotopic (exact) mass is 260 g/mol. The molecular weight excluding hydrogens is 240 g/mol. The average Bonchev–Trinajstić information content (AvgIpc) is 2.92. The van der Waals surface area contributed by atoms with Crippen LogP contribution in [0, 0.1) is 0 Å². The van der Waals surface area contributed by atoms with Crippen molar-refractivity contribution in [1.29, 1.82) is 0 Å². The number of benzene rings is 1. The molecule has 1 heterocycles. The number of nitrogens with zero attached hydrogens (tertiary/aromatic N) is 1. The molecule has 1 aromatic heterocycles. The van der Waals surface area contributed by atoms with E-state index < -0.39 is 0 Å². The number of rotatable bonds is 6. The van der Waals surface area contributed by atoms with Crippen molar-refractivity contribution in [3.05, 3.63) is 53.9 Å². The van der Waals surface area contributed by atoms with Gasteiger partial charge in [-0.3, -0.25) is 4.68 Å². The Kier molecular flexibility index (Phi) is 4.47. The summed E-state index contributed by atoms with van der Waals surface area (Å²) >= 11 is 0. The predicted molar refractivity (Wildman–Crippen MR) is 75.9 cm³/mol. The smallest absolute Gasteiger partial charge is 0.124 e. The SMILES string of the molecule is COCc1cc(C(C)Nn2cccc2)ccc1OC. The maximum absolute atomic E-state index is 5.33. The zero-order chi connectivity index (χ0) is 13.7. The molecule has 0 aliphatic carbocycles. The van der Waals surface area contributed by atoms with Crippen LogP contribution < -0.4 is 10.2 Å². The van der Waals surface area contributed by atoms with E-state index in [0.29, 0.717) is 6.61 Å². The molecule has 0 amide bonds. The van der Waals surface area contributed by atoms with Crippen molar-refractivity contribution in [1.82, 2.24) is 4.68 Å². The Morgan fingerprint density at radius 2 is 1.95 bits per heavy atom. The van der Waals surface area contributed by atoms with E-state index in [1.54, 1.807) is 14.2 Å². The largest absolute Gasteiger partial charge is 0.496 e. The standard InChI is InChI=1S/C15H20N2O2/c1-12(16-17-8-4-5-9-17)13-6-7-15(19-3)14(10-13)11-18-2/h4-10,12,16H,11H2,1-3H3. The highest BCUT2D eigenvalue weighted by Crippen LogP contribution is 2.24. The molecule has 1 atom stereocenters. The van der Waals surface area contributed by atoms with Gasteiger partial charge in [-0.25, -0.2) is 0 Å². The van der Waals surface area contributed by atoms with Gasteiger partial charge in [-0.2, -0.15) is 0 Å². The molecule has 19 heavy (non-hydrogen) atoms. The fourth-order valence-corrected chi connectivity index (χ4v) is 2.05. The maximum Gasteiger partial charge on any atom is 0.124 e. The van der Waals surface area contributed by atoms with E-state index in [1.807, 2.05) is 35.3 Å². The zero-order valence-electron chi connectivity index (χ0n) is 11.6. The molecule has 2 rings (SSSR count). The Morgan fingerprint density at radius 1 is 1.21 bits per heavy atom. The topological polar surface area (TPSA) is 35.4 Å². The van der Waals surface area contributed by atoms with Crippen LogP contribution in [0.4, 0.5) is 0 Å². The summed E-state index contributed by atoms with van der Waals surface area (Å²) in [5, 5.41) is 0. The summed E-state index contributed by atoms with van der Waals surface area (Å²) in [4.78, 5) is 0. The minimum absolute atomic E-state index is 0.203. The first-order valence-electron chi connectivity index (χ1n) is 6.30. The fourth-order valence-electron chi connectivity index (χ4n) is 2.05. The molecule has 4 heteroatoms. The third-order valence-corrected chi connectivity index (χ3v) is 3.05. The molecule has 0 radical (unpaired) electrons. The summed E-state index contributed by atoms with van der Waals surface area (Å²) in [7, 11) is 3.36. The maximum atomic E-state index is 5.33. The normalized spacial score (nSPS) is 12.2. The van der Waals surface area contributed by atoms with Crippen LogP contribution in [0.15, 0.2) is 42.7 Å². The van der Waals surface area contributed by atoms with Gasteiger partial charge in [0.25, 0.3) is 0 Å². The molecule has 0 saturated carbocycles. The third-order valence-electron chi connectivity index (χ3n) is 3.05. The van der Waals surface area contributed by atoms with Crippen LogP contribution in [-0.2, 0) is 11.3 Å². The Balaban J connectivity index is 2.17. The van der Waals surface area contributed by atoms with Crippen molar-refractivity contribution < 1.29 is 9.47 Å². The number of methoxy groups -OCH3 is 2. The van der Waals surface area contributed by atoms with Gasteiger partial charge in [0.1, 0.15) is 5.75 Å². The van der Waals surface area contributed by atoms with E-state index >= 15 is 0 Å². The quantitative estimate of drug-likeness (QED) is 0.867. The Bertz CT molecular complexity index is 509. The van der Waals surface area contributed by atoms with Crippen LogP contribution in [-0.4, -0.2) is 18.9 Å². The van der Waals surface area contributed by atoms with Crippen molar-refractivity contribution in [2.45, 2.75) is 19.6 Å². The zero-order valence-corrected chi connectivity index (χ0v) is 11.6. The molecule has 1 aromatic carbocycles. The van der Waals surface area contributed by atoms with Gasteiger partial charge in [-0.05, 0) is 36.8 Å². The van der Waals surface area contributed by atoms with Crippen molar-refractivity contribution in [3.63, 3.8) is 0 Å². The van der Waals surface area contributed by atoms with E-state index in [1.165, 1.54) is 5.56 Å². The second-order valence-electron chi connectivity index (χ2n) is 4.45. The third kappa shape index (κ3) is 3.29. The van der Waals surface area contributed by atoms with Crippen molar-refractivity contribution in [2.75, 3.05) is 19.6 Å². The van der Waals surface area contributed by atoms with E-state index in [-0.39, 0.29) is 6.04 Å². The predicted octanol–water partition coefficient (Wildman–Crippen LogP) is 2.95. The molecule has 0 aliphatic rings. The Labute approximate surface area is 113 Å². The van der Waals surface area contributed by atoms with Crippen molar-refractivity contribution in [3.8, 4) is 5.75 Å². The van der Waals surface area contributed by atoms with Crippen molar-refractivity contribution in [2.24, 2.45) is 0 Å². The molecule has 0 bridgehead atoms. The number of aromatic nitrogens is 1. The van der Waals surface area contributed by atoms with Gasteiger partial charge in [0, 0.05) is 25.1 Å². The lowest BCUT2D eigenvalue weighted by molar-refractivity contribution is 0.181. The number of nitrogens with one attached hydrogen (secondary N) is 1. The first-order chi connectivity index (χ1) is 9.24. The Hall–Kier alpha value is -1.94. The molecule has 4 nitrogen and oxygen atoms in total. The van der Waals surface area contributed by atoms with E-state index in [4.69, 9.17) is 9.47 Å². The van der Waals surface area contributed by atoms with Crippen molar-refractivity contribution >= 4 is 0 Å². The molecular formula is C15H20N2O2. The van der Waals surface area contributed by atoms with Crippen LogP contribution >= 0.6 is 0 Å². The highest BCUT2D eigenvalue weighted by Gasteiger charge is 2.09. The average molecular weight is 260 g/mol. The Morgan fingerprint density at radius 3 is 2.58 bits per heavy atom.